The lowest BCUT2D eigenvalue weighted by Crippen LogP contribution is -2.71. The van der Waals surface area contributed by atoms with E-state index in [1.54, 1.807) is 0 Å². The third-order valence-electron chi connectivity index (χ3n) is 6.61. The summed E-state index contributed by atoms with van der Waals surface area (Å²) in [6.45, 7) is 2.16. The highest BCUT2D eigenvalue weighted by Gasteiger charge is 2.61. The van der Waals surface area contributed by atoms with Gasteiger partial charge in [-0.25, -0.2) is 0 Å². The number of nitrogens with one attached hydrogen (secondary N) is 1. The van der Waals surface area contributed by atoms with Gasteiger partial charge in [-0.2, -0.15) is 0 Å². The molecule has 4 aliphatic rings. The molecule has 0 radical (unpaired) electrons. The molecule has 0 heterocycles. The summed E-state index contributed by atoms with van der Waals surface area (Å²) in [7, 11) is 0. The number of aliphatic hydroxyl groups is 1. The van der Waals surface area contributed by atoms with Gasteiger partial charge in [-0.15, -0.1) is 0 Å². The van der Waals surface area contributed by atoms with Crippen LogP contribution >= 0.6 is 0 Å². The standard InChI is InChI=1S/C18H30N2O4/c1-2-3-4-13-11-5-10-6-12(7-11)16(18(13,24)9-10)20-17(23)14(19)8-15(21)22/h10-14,16,24H,2-9,19H2,1H3,(H,20,23)(H,21,22)/t10?,11?,12?,13?,14-,16?,18?/m0/s1. The maximum atomic E-state index is 12.3. The molecule has 6 unspecified atom stereocenters. The number of hydrogen-bond acceptors (Lipinski definition) is 4. The number of rotatable bonds is 7. The first-order valence-corrected chi connectivity index (χ1v) is 9.35. The van der Waals surface area contributed by atoms with E-state index in [0.29, 0.717) is 17.8 Å². The average molecular weight is 338 g/mol. The summed E-state index contributed by atoms with van der Waals surface area (Å²) in [6.07, 6.45) is 6.91. The number of unbranched alkanes of at least 4 members (excludes halogenated alkanes) is 1. The zero-order chi connectivity index (χ0) is 17.5. The molecule has 0 spiro atoms. The highest BCUT2D eigenvalue weighted by Crippen LogP contribution is 2.59. The summed E-state index contributed by atoms with van der Waals surface area (Å²) < 4.78 is 0. The Labute approximate surface area is 143 Å². The second-order valence-corrected chi connectivity index (χ2v) is 8.23. The summed E-state index contributed by atoms with van der Waals surface area (Å²) in [5.74, 6) is 0.148. The van der Waals surface area contributed by atoms with Crippen LogP contribution in [0.1, 0.15) is 58.3 Å². The van der Waals surface area contributed by atoms with E-state index in [1.807, 2.05) is 0 Å². The largest absolute Gasteiger partial charge is 0.481 e. The van der Waals surface area contributed by atoms with E-state index in [4.69, 9.17) is 10.8 Å². The Bertz CT molecular complexity index is 511. The molecule has 1 amide bonds. The Balaban J connectivity index is 1.75. The minimum Gasteiger partial charge on any atom is -0.481 e. The highest BCUT2D eigenvalue weighted by atomic mass is 16.4. The molecule has 4 saturated carbocycles. The lowest BCUT2D eigenvalue weighted by molar-refractivity contribution is -0.196. The molecule has 5 N–H and O–H groups in total. The van der Waals surface area contributed by atoms with Gasteiger partial charge < -0.3 is 21.3 Å². The SMILES string of the molecule is CCCCC1C2CC3CC(C2)C(NC(=O)[C@@H](N)CC(=O)O)C1(O)C3. The molecule has 0 aliphatic heterocycles. The van der Waals surface area contributed by atoms with Crippen LogP contribution in [0, 0.1) is 23.7 Å². The molecular formula is C18H30N2O4. The van der Waals surface area contributed by atoms with Crippen molar-refractivity contribution in [3.8, 4) is 0 Å². The quantitative estimate of drug-likeness (QED) is 0.558. The topological polar surface area (TPSA) is 113 Å². The van der Waals surface area contributed by atoms with Crippen molar-refractivity contribution in [3.05, 3.63) is 0 Å². The zero-order valence-electron chi connectivity index (χ0n) is 14.4. The zero-order valence-corrected chi connectivity index (χ0v) is 14.4. The van der Waals surface area contributed by atoms with E-state index in [1.165, 1.54) is 6.42 Å². The summed E-state index contributed by atoms with van der Waals surface area (Å²) >= 11 is 0. The van der Waals surface area contributed by atoms with Gasteiger partial charge in [-0.1, -0.05) is 19.8 Å². The summed E-state index contributed by atoms with van der Waals surface area (Å²) in [4.78, 5) is 23.1. The first-order valence-electron chi connectivity index (χ1n) is 9.35. The van der Waals surface area contributed by atoms with Crippen LogP contribution in [-0.2, 0) is 9.59 Å². The predicted octanol–water partition coefficient (Wildman–Crippen LogP) is 1.26. The number of carbonyl (C=O) groups is 2. The molecule has 6 nitrogen and oxygen atoms in total. The molecule has 4 bridgehead atoms. The summed E-state index contributed by atoms with van der Waals surface area (Å²) in [5.41, 5.74) is 4.86. The van der Waals surface area contributed by atoms with Crippen molar-refractivity contribution in [2.45, 2.75) is 76.0 Å². The van der Waals surface area contributed by atoms with Crippen molar-refractivity contribution in [2.75, 3.05) is 0 Å². The minimum atomic E-state index is -1.08. The normalized spacial score (nSPS) is 41.2. The lowest BCUT2D eigenvalue weighted by Gasteiger charge is -2.63. The fourth-order valence-electron chi connectivity index (χ4n) is 5.78. The third-order valence-corrected chi connectivity index (χ3v) is 6.61. The number of nitrogens with two attached hydrogens (primary N) is 1. The van der Waals surface area contributed by atoms with E-state index >= 15 is 0 Å². The molecule has 0 aromatic rings. The molecule has 0 aromatic heterocycles. The highest BCUT2D eigenvalue weighted by molar-refractivity contribution is 5.86. The van der Waals surface area contributed by atoms with Gasteiger partial charge in [0.15, 0.2) is 0 Å². The van der Waals surface area contributed by atoms with E-state index in [2.05, 4.69) is 12.2 Å². The Morgan fingerprint density at radius 3 is 2.67 bits per heavy atom. The third kappa shape index (κ3) is 3.06. The number of carboxylic acid groups (broad SMARTS) is 1. The minimum absolute atomic E-state index is 0.242. The number of hydrogen-bond donors (Lipinski definition) is 4. The number of carbonyl (C=O) groups excluding carboxylic acids is 1. The Hall–Kier alpha value is -1.14. The Kier molecular flexibility index (Phi) is 4.89. The molecule has 4 rings (SSSR count). The predicted molar refractivity (Wildman–Crippen MR) is 89.1 cm³/mol. The number of aliphatic carboxylic acids is 1. The smallest absolute Gasteiger partial charge is 0.305 e. The van der Waals surface area contributed by atoms with E-state index in [9.17, 15) is 14.7 Å². The Morgan fingerprint density at radius 1 is 1.29 bits per heavy atom. The van der Waals surface area contributed by atoms with Crippen LogP contribution < -0.4 is 11.1 Å². The van der Waals surface area contributed by atoms with Crippen LogP contribution in [0.15, 0.2) is 0 Å². The lowest BCUT2D eigenvalue weighted by atomic mass is 9.47. The van der Waals surface area contributed by atoms with Gasteiger partial charge in [0.2, 0.25) is 5.91 Å². The van der Waals surface area contributed by atoms with Crippen LogP contribution in [0.3, 0.4) is 0 Å². The molecular weight excluding hydrogens is 308 g/mol. The second kappa shape index (κ2) is 6.64. The maximum absolute atomic E-state index is 12.3. The van der Waals surface area contributed by atoms with Crippen LogP contribution in [0.4, 0.5) is 0 Å². The van der Waals surface area contributed by atoms with Crippen molar-refractivity contribution >= 4 is 11.9 Å². The van der Waals surface area contributed by atoms with Crippen LogP contribution in [0.5, 0.6) is 0 Å². The fourth-order valence-corrected chi connectivity index (χ4v) is 5.78. The van der Waals surface area contributed by atoms with Crippen molar-refractivity contribution in [1.82, 2.24) is 5.32 Å². The second-order valence-electron chi connectivity index (χ2n) is 8.23. The van der Waals surface area contributed by atoms with E-state index in [-0.39, 0.29) is 18.4 Å². The molecule has 0 saturated heterocycles. The monoisotopic (exact) mass is 338 g/mol. The van der Waals surface area contributed by atoms with Crippen LogP contribution in [-0.4, -0.2) is 39.8 Å². The molecule has 136 valence electrons. The first kappa shape index (κ1) is 17.7. The first-order chi connectivity index (χ1) is 11.3. The van der Waals surface area contributed by atoms with Gasteiger partial charge in [0.05, 0.1) is 24.1 Å². The van der Waals surface area contributed by atoms with Crippen LogP contribution in [0.25, 0.3) is 0 Å². The summed E-state index contributed by atoms with van der Waals surface area (Å²) in [6, 6.07) is -1.34. The number of amides is 1. The van der Waals surface area contributed by atoms with Gasteiger partial charge >= 0.3 is 5.97 Å². The van der Waals surface area contributed by atoms with Gasteiger partial charge in [0.25, 0.3) is 0 Å². The van der Waals surface area contributed by atoms with Crippen molar-refractivity contribution in [1.29, 1.82) is 0 Å². The summed E-state index contributed by atoms with van der Waals surface area (Å²) in [5, 5.41) is 23.2. The van der Waals surface area contributed by atoms with E-state index < -0.39 is 23.5 Å². The molecule has 6 heteroatoms. The van der Waals surface area contributed by atoms with Gasteiger partial charge in [0, 0.05) is 0 Å². The molecule has 24 heavy (non-hydrogen) atoms. The average Bonchev–Trinajstić information content (AvgIpc) is 2.49. The van der Waals surface area contributed by atoms with Crippen molar-refractivity contribution in [2.24, 2.45) is 29.4 Å². The van der Waals surface area contributed by atoms with Gasteiger partial charge in [0.1, 0.15) is 0 Å². The van der Waals surface area contributed by atoms with Crippen LogP contribution in [0.2, 0.25) is 0 Å². The molecule has 0 aromatic carbocycles. The van der Waals surface area contributed by atoms with Crippen molar-refractivity contribution in [3.63, 3.8) is 0 Å². The van der Waals surface area contributed by atoms with E-state index in [0.717, 1.165) is 38.5 Å². The maximum Gasteiger partial charge on any atom is 0.305 e. The Morgan fingerprint density at radius 2 is 2.00 bits per heavy atom. The van der Waals surface area contributed by atoms with Crippen molar-refractivity contribution < 1.29 is 19.8 Å². The van der Waals surface area contributed by atoms with Gasteiger partial charge in [-0.05, 0) is 55.8 Å². The fraction of sp³-hybridized carbons (Fsp3) is 0.889. The molecule has 4 fully saturated rings. The number of carboxylic acids is 1. The molecule has 7 atom stereocenters. The van der Waals surface area contributed by atoms with Gasteiger partial charge in [-0.3, -0.25) is 9.59 Å². The molecule has 4 aliphatic carbocycles.